The highest BCUT2D eigenvalue weighted by Gasteiger charge is 2.34. The Morgan fingerprint density at radius 1 is 1.45 bits per heavy atom. The highest BCUT2D eigenvalue weighted by atomic mass is 32.2. The maximum atomic E-state index is 12.3. The van der Waals surface area contributed by atoms with E-state index in [1.165, 1.54) is 6.07 Å². The van der Waals surface area contributed by atoms with Crippen LogP contribution in [-0.2, 0) is 30.4 Å². The van der Waals surface area contributed by atoms with Gasteiger partial charge in [-0.25, -0.2) is 8.98 Å². The molecule has 0 radical (unpaired) electrons. The van der Waals surface area contributed by atoms with Crippen LogP contribution in [0.2, 0.25) is 0 Å². The number of benzene rings is 1. The minimum atomic E-state index is -3.83. The van der Waals surface area contributed by atoms with Crippen LogP contribution in [0.1, 0.15) is 18.9 Å². The first-order valence-corrected chi connectivity index (χ1v) is 8.53. The van der Waals surface area contributed by atoms with Gasteiger partial charge in [0.15, 0.2) is 0 Å². The molecule has 0 fully saturated rings. The molecule has 6 nitrogen and oxygen atoms in total. The van der Waals surface area contributed by atoms with Crippen molar-refractivity contribution < 1.29 is 22.1 Å². The number of hydrogen-bond acceptors (Lipinski definition) is 6. The summed E-state index contributed by atoms with van der Waals surface area (Å²) in [5.41, 5.74) is 1.37. The van der Waals surface area contributed by atoms with E-state index in [9.17, 15) is 13.2 Å². The van der Waals surface area contributed by atoms with Crippen LogP contribution in [0.3, 0.4) is 0 Å². The Labute approximate surface area is 129 Å². The van der Waals surface area contributed by atoms with E-state index in [1.807, 2.05) is 11.0 Å². The quantitative estimate of drug-likeness (QED) is 0.605. The van der Waals surface area contributed by atoms with E-state index in [-0.39, 0.29) is 17.9 Å². The Hall–Kier alpha value is -1.70. The number of rotatable bonds is 2. The number of hydrogen-bond donors (Lipinski definition) is 0. The fraction of sp³-hybridized carbons (Fsp3) is 0.400. The Morgan fingerprint density at radius 2 is 2.27 bits per heavy atom. The van der Waals surface area contributed by atoms with Crippen molar-refractivity contribution in [2.45, 2.75) is 31.0 Å². The van der Waals surface area contributed by atoms with Crippen molar-refractivity contribution in [3.8, 4) is 0 Å². The van der Waals surface area contributed by atoms with Crippen LogP contribution < -0.4 is 0 Å². The minimum Gasteiger partial charge on any atom is -0.463 e. The van der Waals surface area contributed by atoms with Gasteiger partial charge in [-0.2, -0.15) is 8.42 Å². The van der Waals surface area contributed by atoms with E-state index >= 15 is 0 Å². The van der Waals surface area contributed by atoms with Crippen molar-refractivity contribution in [3.05, 3.63) is 41.5 Å². The molecule has 118 valence electrons. The third kappa shape index (κ3) is 2.92. The van der Waals surface area contributed by atoms with Crippen molar-refractivity contribution in [2.24, 2.45) is 0 Å². The molecule has 1 aromatic carbocycles. The average molecular weight is 323 g/mol. The summed E-state index contributed by atoms with van der Waals surface area (Å²) in [5, 5.41) is 0. The summed E-state index contributed by atoms with van der Waals surface area (Å²) >= 11 is 0. The maximum Gasteiger partial charge on any atom is 0.333 e. The van der Waals surface area contributed by atoms with Crippen LogP contribution in [0.25, 0.3) is 0 Å². The molecule has 1 unspecified atom stereocenters. The first-order chi connectivity index (χ1) is 10.5. The Kier molecular flexibility index (Phi) is 4.03. The SMILES string of the molecule is CCOC(=O)C1=CCN2Cc3cccc(c3)S(=O)(=O)OC2C1. The van der Waals surface area contributed by atoms with Gasteiger partial charge >= 0.3 is 5.97 Å². The number of carbonyl (C=O) groups is 1. The monoisotopic (exact) mass is 323 g/mol. The summed E-state index contributed by atoms with van der Waals surface area (Å²) in [6.07, 6.45) is 1.28. The largest absolute Gasteiger partial charge is 0.463 e. The van der Waals surface area contributed by atoms with E-state index in [4.69, 9.17) is 8.92 Å². The van der Waals surface area contributed by atoms with Crippen LogP contribution in [0.5, 0.6) is 0 Å². The molecule has 0 amide bonds. The first kappa shape index (κ1) is 15.2. The van der Waals surface area contributed by atoms with Gasteiger partial charge in [0.05, 0.1) is 11.5 Å². The average Bonchev–Trinajstić information content (AvgIpc) is 2.48. The van der Waals surface area contributed by atoms with Crippen molar-refractivity contribution >= 4 is 16.1 Å². The third-order valence-corrected chi connectivity index (χ3v) is 5.03. The third-order valence-electron chi connectivity index (χ3n) is 3.72. The second-order valence-corrected chi connectivity index (χ2v) is 6.81. The zero-order valence-corrected chi connectivity index (χ0v) is 13.0. The molecule has 7 heteroatoms. The van der Waals surface area contributed by atoms with E-state index in [0.717, 1.165) is 5.56 Å². The van der Waals surface area contributed by atoms with E-state index < -0.39 is 22.3 Å². The standard InChI is InChI=1S/C15H17NO5S/c1-2-20-15(17)12-6-7-16-10-11-4-3-5-13(8-11)22(18,19)21-14(16)9-12/h3-6,8,14H,2,7,9-10H2,1H3. The van der Waals surface area contributed by atoms with Crippen molar-refractivity contribution in [3.63, 3.8) is 0 Å². The highest BCUT2D eigenvalue weighted by molar-refractivity contribution is 7.86. The lowest BCUT2D eigenvalue weighted by atomic mass is 10.1. The van der Waals surface area contributed by atoms with Gasteiger partial charge < -0.3 is 4.74 Å². The van der Waals surface area contributed by atoms with Crippen LogP contribution in [0.4, 0.5) is 0 Å². The highest BCUT2D eigenvalue weighted by Crippen LogP contribution is 2.28. The molecule has 0 saturated heterocycles. The predicted molar refractivity (Wildman–Crippen MR) is 78.2 cm³/mol. The minimum absolute atomic E-state index is 0.150. The number of carbonyl (C=O) groups excluding carboxylic acids is 1. The molecule has 0 N–H and O–H groups in total. The van der Waals surface area contributed by atoms with Gasteiger partial charge in [0.1, 0.15) is 6.23 Å². The number of fused-ring (bicyclic) bond motifs is 3. The zero-order valence-electron chi connectivity index (χ0n) is 12.2. The lowest BCUT2D eigenvalue weighted by Gasteiger charge is -2.35. The topological polar surface area (TPSA) is 72.9 Å². The Balaban J connectivity index is 1.91. The molecule has 22 heavy (non-hydrogen) atoms. The molecule has 2 aliphatic heterocycles. The number of nitrogens with zero attached hydrogens (tertiary/aromatic N) is 1. The van der Waals surface area contributed by atoms with Crippen LogP contribution >= 0.6 is 0 Å². The van der Waals surface area contributed by atoms with Crippen molar-refractivity contribution in [2.75, 3.05) is 13.2 Å². The van der Waals surface area contributed by atoms with Crippen LogP contribution in [0, 0.1) is 0 Å². The lowest BCUT2D eigenvalue weighted by Crippen LogP contribution is -2.43. The van der Waals surface area contributed by atoms with Gasteiger partial charge in [-0.05, 0) is 24.6 Å². The summed E-state index contributed by atoms with van der Waals surface area (Å²) in [6, 6.07) is 6.72. The number of ether oxygens (including phenoxy) is 1. The summed E-state index contributed by atoms with van der Waals surface area (Å²) < 4.78 is 34.9. The maximum absolute atomic E-state index is 12.3. The smallest absolute Gasteiger partial charge is 0.333 e. The zero-order chi connectivity index (χ0) is 15.7. The van der Waals surface area contributed by atoms with Crippen molar-refractivity contribution in [1.29, 1.82) is 0 Å². The molecule has 3 rings (SSSR count). The summed E-state index contributed by atoms with van der Waals surface area (Å²) in [5.74, 6) is -0.413. The molecular formula is C15H17NO5S. The summed E-state index contributed by atoms with van der Waals surface area (Å²) in [7, 11) is -3.83. The number of esters is 1. The van der Waals surface area contributed by atoms with Gasteiger partial charge in [0.25, 0.3) is 10.1 Å². The van der Waals surface area contributed by atoms with Gasteiger partial charge in [-0.15, -0.1) is 0 Å². The van der Waals surface area contributed by atoms with E-state index in [2.05, 4.69) is 0 Å². The molecule has 0 aliphatic carbocycles. The van der Waals surface area contributed by atoms with Gasteiger partial charge in [-0.1, -0.05) is 18.2 Å². The summed E-state index contributed by atoms with van der Waals surface area (Å²) in [4.78, 5) is 13.9. The molecule has 0 saturated carbocycles. The fourth-order valence-corrected chi connectivity index (χ4v) is 3.77. The second kappa shape index (κ2) is 5.83. The second-order valence-electron chi connectivity index (χ2n) is 5.24. The molecule has 0 spiro atoms. The van der Waals surface area contributed by atoms with Gasteiger partial charge in [0.2, 0.25) is 0 Å². The molecular weight excluding hydrogens is 306 g/mol. The van der Waals surface area contributed by atoms with Crippen LogP contribution in [0.15, 0.2) is 40.8 Å². The molecule has 0 aromatic heterocycles. The van der Waals surface area contributed by atoms with Crippen LogP contribution in [-0.4, -0.2) is 38.7 Å². The Bertz CT molecular complexity index is 725. The fourth-order valence-electron chi connectivity index (χ4n) is 2.63. The lowest BCUT2D eigenvalue weighted by molar-refractivity contribution is -0.139. The molecule has 2 heterocycles. The van der Waals surface area contributed by atoms with E-state index in [0.29, 0.717) is 18.7 Å². The molecule has 2 bridgehead atoms. The Morgan fingerprint density at radius 3 is 3.05 bits per heavy atom. The van der Waals surface area contributed by atoms with E-state index in [1.54, 1.807) is 25.1 Å². The van der Waals surface area contributed by atoms with Gasteiger partial charge in [-0.3, -0.25) is 4.90 Å². The first-order valence-electron chi connectivity index (χ1n) is 7.12. The van der Waals surface area contributed by atoms with Gasteiger partial charge in [0, 0.05) is 25.1 Å². The summed E-state index contributed by atoms with van der Waals surface area (Å²) in [6.45, 7) is 3.03. The molecule has 1 aromatic rings. The molecule has 1 atom stereocenters. The molecule has 2 aliphatic rings. The normalized spacial score (nSPS) is 23.7. The predicted octanol–water partition coefficient (Wildman–Crippen LogP) is 1.43. The van der Waals surface area contributed by atoms with Crippen molar-refractivity contribution in [1.82, 2.24) is 4.90 Å².